The Morgan fingerprint density at radius 1 is 1.37 bits per heavy atom. The molecule has 0 aliphatic carbocycles. The van der Waals surface area contributed by atoms with Crippen molar-refractivity contribution in [3.05, 3.63) is 34.6 Å². The Morgan fingerprint density at radius 3 is 2.63 bits per heavy atom. The van der Waals surface area contributed by atoms with E-state index in [2.05, 4.69) is 24.1 Å². The number of aliphatic hydroxyl groups excluding tert-OH is 1. The molecule has 5 heteroatoms. The second-order valence-corrected chi connectivity index (χ2v) is 4.77. The van der Waals surface area contributed by atoms with E-state index in [9.17, 15) is 9.50 Å². The maximum Gasteiger partial charge on any atom is 0.146 e. The molecule has 1 unspecified atom stereocenters. The summed E-state index contributed by atoms with van der Waals surface area (Å²) in [5, 5.41) is 12.6. The monoisotopic (exact) mass is 288 g/mol. The van der Waals surface area contributed by atoms with Gasteiger partial charge in [-0.15, -0.1) is 0 Å². The van der Waals surface area contributed by atoms with Crippen LogP contribution in [-0.4, -0.2) is 42.8 Å². The first kappa shape index (κ1) is 16.4. The third-order valence-electron chi connectivity index (χ3n) is 3.25. The molecular weight excluding hydrogens is 267 g/mol. The van der Waals surface area contributed by atoms with Crippen molar-refractivity contribution >= 4 is 11.6 Å². The second-order valence-electron chi connectivity index (χ2n) is 4.36. The number of likely N-dealkylation sites (N-methyl/N-ethyl adjacent to an activating group) is 1. The molecule has 0 saturated heterocycles. The van der Waals surface area contributed by atoms with Gasteiger partial charge in [0.2, 0.25) is 0 Å². The molecule has 2 N–H and O–H groups in total. The van der Waals surface area contributed by atoms with E-state index >= 15 is 0 Å². The average Bonchev–Trinajstić information content (AvgIpc) is 2.43. The van der Waals surface area contributed by atoms with Crippen molar-refractivity contribution in [2.24, 2.45) is 0 Å². The summed E-state index contributed by atoms with van der Waals surface area (Å²) < 4.78 is 13.9. The number of aliphatic hydroxyl groups is 1. The Bertz CT molecular complexity index is 386. The van der Waals surface area contributed by atoms with Gasteiger partial charge < -0.3 is 15.3 Å². The summed E-state index contributed by atoms with van der Waals surface area (Å²) in [6, 6.07) is 4.42. The van der Waals surface area contributed by atoms with Crippen molar-refractivity contribution < 1.29 is 9.50 Å². The standard InChI is InChI=1S/C14H22ClFN2O/c1-3-18(4-2)9-8-17-13(10-19)11-6-5-7-12(15)14(11)16/h5-7,13,17,19H,3-4,8-10H2,1-2H3. The van der Waals surface area contributed by atoms with Crippen molar-refractivity contribution in [3.63, 3.8) is 0 Å². The maximum absolute atomic E-state index is 13.9. The quantitative estimate of drug-likeness (QED) is 0.771. The van der Waals surface area contributed by atoms with Crippen LogP contribution in [0.2, 0.25) is 5.02 Å². The van der Waals surface area contributed by atoms with E-state index in [4.69, 9.17) is 11.6 Å². The molecule has 0 fully saturated rings. The number of hydrogen-bond acceptors (Lipinski definition) is 3. The molecule has 0 radical (unpaired) electrons. The minimum absolute atomic E-state index is 0.0847. The van der Waals surface area contributed by atoms with Crippen LogP contribution in [0.1, 0.15) is 25.5 Å². The summed E-state index contributed by atoms with van der Waals surface area (Å²) in [5.74, 6) is -0.460. The third-order valence-corrected chi connectivity index (χ3v) is 3.54. The third kappa shape index (κ3) is 4.73. The highest BCUT2D eigenvalue weighted by Gasteiger charge is 2.16. The van der Waals surface area contributed by atoms with Crippen LogP contribution in [0.4, 0.5) is 4.39 Å². The average molecular weight is 289 g/mol. The van der Waals surface area contributed by atoms with Gasteiger partial charge in [0.05, 0.1) is 17.7 Å². The van der Waals surface area contributed by atoms with Gasteiger partial charge in [0, 0.05) is 18.7 Å². The van der Waals surface area contributed by atoms with Gasteiger partial charge in [-0.2, -0.15) is 0 Å². The number of halogens is 2. The Hall–Kier alpha value is -0.680. The van der Waals surface area contributed by atoms with E-state index in [-0.39, 0.29) is 11.6 Å². The van der Waals surface area contributed by atoms with E-state index in [0.29, 0.717) is 12.1 Å². The van der Waals surface area contributed by atoms with Gasteiger partial charge >= 0.3 is 0 Å². The molecule has 0 aromatic heterocycles. The zero-order chi connectivity index (χ0) is 14.3. The van der Waals surface area contributed by atoms with E-state index in [1.165, 1.54) is 6.07 Å². The lowest BCUT2D eigenvalue weighted by Gasteiger charge is -2.22. The zero-order valence-electron chi connectivity index (χ0n) is 11.5. The fourth-order valence-corrected chi connectivity index (χ4v) is 2.18. The van der Waals surface area contributed by atoms with Crippen LogP contribution in [0, 0.1) is 5.82 Å². The Morgan fingerprint density at radius 2 is 2.05 bits per heavy atom. The highest BCUT2D eigenvalue weighted by molar-refractivity contribution is 6.30. The molecule has 19 heavy (non-hydrogen) atoms. The van der Waals surface area contributed by atoms with Crippen LogP contribution in [0.25, 0.3) is 0 Å². The highest BCUT2D eigenvalue weighted by Crippen LogP contribution is 2.23. The first-order chi connectivity index (χ1) is 9.13. The second kappa shape index (κ2) is 8.48. The summed E-state index contributed by atoms with van der Waals surface area (Å²) in [4.78, 5) is 2.26. The van der Waals surface area contributed by atoms with Gasteiger partial charge in [-0.25, -0.2) is 4.39 Å². The fourth-order valence-electron chi connectivity index (χ4n) is 2.00. The molecule has 0 aliphatic rings. The summed E-state index contributed by atoms with van der Waals surface area (Å²) >= 11 is 5.75. The van der Waals surface area contributed by atoms with Gasteiger partial charge in [0.1, 0.15) is 5.82 Å². The van der Waals surface area contributed by atoms with Crippen LogP contribution >= 0.6 is 11.6 Å². The molecule has 3 nitrogen and oxygen atoms in total. The summed E-state index contributed by atoms with van der Waals surface area (Å²) in [6.45, 7) is 7.56. The Kier molecular flexibility index (Phi) is 7.31. The van der Waals surface area contributed by atoms with Crippen LogP contribution in [0.5, 0.6) is 0 Å². The number of benzene rings is 1. The zero-order valence-corrected chi connectivity index (χ0v) is 12.3. The van der Waals surface area contributed by atoms with E-state index in [1.807, 2.05) is 0 Å². The van der Waals surface area contributed by atoms with Gasteiger partial charge in [0.25, 0.3) is 0 Å². The van der Waals surface area contributed by atoms with Crippen molar-refractivity contribution in [2.45, 2.75) is 19.9 Å². The summed E-state index contributed by atoms with van der Waals surface area (Å²) in [5.41, 5.74) is 0.412. The lowest BCUT2D eigenvalue weighted by Crippen LogP contribution is -2.35. The molecule has 0 aliphatic heterocycles. The van der Waals surface area contributed by atoms with Crippen molar-refractivity contribution in [1.82, 2.24) is 10.2 Å². The molecule has 0 heterocycles. The molecule has 0 bridgehead atoms. The van der Waals surface area contributed by atoms with Gasteiger partial charge in [-0.3, -0.25) is 0 Å². The molecule has 1 atom stereocenters. The van der Waals surface area contributed by atoms with Crippen LogP contribution in [0.15, 0.2) is 18.2 Å². The Balaban J connectivity index is 2.61. The Labute approximate surface area is 119 Å². The molecular formula is C14H22ClFN2O. The minimum atomic E-state index is -0.460. The van der Waals surface area contributed by atoms with Crippen molar-refractivity contribution in [1.29, 1.82) is 0 Å². The van der Waals surface area contributed by atoms with Crippen LogP contribution in [-0.2, 0) is 0 Å². The predicted molar refractivity (Wildman–Crippen MR) is 77.0 cm³/mol. The topological polar surface area (TPSA) is 35.5 Å². The molecule has 108 valence electrons. The molecule has 0 spiro atoms. The normalized spacial score (nSPS) is 12.9. The summed E-state index contributed by atoms with van der Waals surface area (Å²) in [7, 11) is 0. The van der Waals surface area contributed by atoms with Gasteiger partial charge in [-0.05, 0) is 19.2 Å². The number of nitrogens with zero attached hydrogens (tertiary/aromatic N) is 1. The highest BCUT2D eigenvalue weighted by atomic mass is 35.5. The fraction of sp³-hybridized carbons (Fsp3) is 0.571. The first-order valence-electron chi connectivity index (χ1n) is 6.64. The molecule has 0 amide bonds. The van der Waals surface area contributed by atoms with Gasteiger partial charge in [0.15, 0.2) is 0 Å². The van der Waals surface area contributed by atoms with Gasteiger partial charge in [-0.1, -0.05) is 37.6 Å². The molecule has 0 saturated carbocycles. The molecule has 1 aromatic rings. The largest absolute Gasteiger partial charge is 0.394 e. The lowest BCUT2D eigenvalue weighted by atomic mass is 10.1. The number of rotatable bonds is 8. The smallest absolute Gasteiger partial charge is 0.146 e. The number of hydrogen-bond donors (Lipinski definition) is 2. The molecule has 1 aromatic carbocycles. The predicted octanol–water partition coefficient (Wildman–Crippen LogP) is 2.44. The summed E-state index contributed by atoms with van der Waals surface area (Å²) in [6.07, 6.45) is 0. The van der Waals surface area contributed by atoms with Crippen molar-refractivity contribution in [2.75, 3.05) is 32.8 Å². The minimum Gasteiger partial charge on any atom is -0.394 e. The first-order valence-corrected chi connectivity index (χ1v) is 7.02. The lowest BCUT2D eigenvalue weighted by molar-refractivity contribution is 0.231. The van der Waals surface area contributed by atoms with E-state index in [1.54, 1.807) is 12.1 Å². The van der Waals surface area contributed by atoms with Crippen LogP contribution < -0.4 is 5.32 Å². The SMILES string of the molecule is CCN(CC)CCNC(CO)c1cccc(Cl)c1F. The van der Waals surface area contributed by atoms with E-state index < -0.39 is 11.9 Å². The number of nitrogens with one attached hydrogen (secondary N) is 1. The maximum atomic E-state index is 13.9. The van der Waals surface area contributed by atoms with Crippen LogP contribution in [0.3, 0.4) is 0 Å². The van der Waals surface area contributed by atoms with E-state index in [0.717, 1.165) is 19.6 Å². The van der Waals surface area contributed by atoms with Crippen molar-refractivity contribution in [3.8, 4) is 0 Å². The molecule has 1 rings (SSSR count).